The van der Waals surface area contributed by atoms with Gasteiger partial charge in [0.05, 0.1) is 11.1 Å². The van der Waals surface area contributed by atoms with Crippen molar-refractivity contribution in [2.75, 3.05) is 5.32 Å². The summed E-state index contributed by atoms with van der Waals surface area (Å²) in [5, 5.41) is 27.4. The maximum Gasteiger partial charge on any atom is 0.433 e. The van der Waals surface area contributed by atoms with E-state index in [4.69, 9.17) is 0 Å². The Hall–Kier alpha value is -3.91. The van der Waals surface area contributed by atoms with E-state index in [-0.39, 0.29) is 23.6 Å². The number of aromatic amines is 1. The second kappa shape index (κ2) is 10.1. The number of thiazole rings is 1. The minimum Gasteiger partial charge on any atom is -0.383 e. The summed E-state index contributed by atoms with van der Waals surface area (Å²) in [5.41, 5.74) is 0.248. The van der Waals surface area contributed by atoms with Crippen molar-refractivity contribution < 1.29 is 23.1 Å². The summed E-state index contributed by atoms with van der Waals surface area (Å²) in [6, 6.07) is 6.19. The molecule has 0 radical (unpaired) electrons. The number of nitrogens with zero attached hydrogens (tertiary/aromatic N) is 5. The highest BCUT2D eigenvalue weighted by molar-refractivity contribution is 7.15. The molecule has 0 unspecified atom stereocenters. The van der Waals surface area contributed by atoms with Crippen LogP contribution in [0.15, 0.2) is 42.9 Å². The van der Waals surface area contributed by atoms with E-state index < -0.39 is 17.5 Å². The molecule has 1 aliphatic carbocycles. The lowest BCUT2D eigenvalue weighted by Gasteiger charge is -2.34. The quantitative estimate of drug-likeness (QED) is 0.281. The average Bonchev–Trinajstić information content (AvgIpc) is 3.58. The first kappa shape index (κ1) is 25.7. The molecule has 10 nitrogen and oxygen atoms in total. The Kier molecular flexibility index (Phi) is 6.84. The van der Waals surface area contributed by atoms with Gasteiger partial charge in [0.15, 0.2) is 5.69 Å². The second-order valence-corrected chi connectivity index (χ2v) is 10.2. The van der Waals surface area contributed by atoms with Crippen molar-refractivity contribution >= 4 is 28.9 Å². The first-order chi connectivity index (χ1) is 18.1. The lowest BCUT2D eigenvalue weighted by atomic mass is 9.82. The number of alkyl halides is 3. The van der Waals surface area contributed by atoms with E-state index in [0.717, 1.165) is 28.3 Å². The highest BCUT2D eigenvalue weighted by Crippen LogP contribution is 2.41. The molecule has 0 saturated heterocycles. The smallest absolute Gasteiger partial charge is 0.383 e. The zero-order valence-electron chi connectivity index (χ0n) is 20.1. The Morgan fingerprint density at radius 3 is 2.71 bits per heavy atom. The van der Waals surface area contributed by atoms with E-state index in [1.165, 1.54) is 17.5 Å². The third-order valence-electron chi connectivity index (χ3n) is 6.27. The lowest BCUT2D eigenvalue weighted by molar-refractivity contribution is -0.141. The molecular formula is C24H23F3N8O2S. The van der Waals surface area contributed by atoms with Crippen LogP contribution in [0, 0.1) is 6.92 Å². The van der Waals surface area contributed by atoms with Crippen LogP contribution in [-0.2, 0) is 11.8 Å². The number of carbonyl (C=O) groups is 1. The predicted molar refractivity (Wildman–Crippen MR) is 133 cm³/mol. The zero-order valence-corrected chi connectivity index (χ0v) is 20.9. The number of rotatable bonds is 6. The van der Waals surface area contributed by atoms with Gasteiger partial charge in [-0.25, -0.2) is 15.0 Å². The van der Waals surface area contributed by atoms with E-state index in [1.54, 1.807) is 18.3 Å². The summed E-state index contributed by atoms with van der Waals surface area (Å²) < 4.78 is 39.0. The summed E-state index contributed by atoms with van der Waals surface area (Å²) in [5.74, 6) is -0.479. The molecule has 1 fully saturated rings. The number of hydrogen-bond donors (Lipinski definition) is 4. The third-order valence-corrected chi connectivity index (χ3v) is 7.50. The highest BCUT2D eigenvalue weighted by Gasteiger charge is 2.38. The van der Waals surface area contributed by atoms with E-state index in [9.17, 15) is 23.1 Å². The minimum absolute atomic E-state index is 0.0950. The van der Waals surface area contributed by atoms with Crippen molar-refractivity contribution in [2.24, 2.45) is 0 Å². The van der Waals surface area contributed by atoms with E-state index in [2.05, 4.69) is 41.0 Å². The van der Waals surface area contributed by atoms with Gasteiger partial charge in [-0.15, -0.1) is 16.4 Å². The molecule has 3 heterocycles. The van der Waals surface area contributed by atoms with Crippen molar-refractivity contribution in [1.29, 1.82) is 0 Å². The van der Waals surface area contributed by atoms with Gasteiger partial charge in [0.2, 0.25) is 5.95 Å². The fraction of sp³-hybridized carbons (Fsp3) is 0.333. The Bertz CT molecular complexity index is 1430. The van der Waals surface area contributed by atoms with Crippen molar-refractivity contribution in [3.63, 3.8) is 0 Å². The summed E-state index contributed by atoms with van der Waals surface area (Å²) in [4.78, 5) is 25.0. The van der Waals surface area contributed by atoms with Crippen molar-refractivity contribution in [3.05, 3.63) is 64.8 Å². The van der Waals surface area contributed by atoms with Crippen LogP contribution >= 0.6 is 11.3 Å². The van der Waals surface area contributed by atoms with E-state index in [0.29, 0.717) is 36.4 Å². The lowest BCUT2D eigenvalue weighted by Crippen LogP contribution is -2.42. The number of aryl methyl sites for hydroxylation is 1. The van der Waals surface area contributed by atoms with Gasteiger partial charge in [-0.05, 0) is 61.9 Å². The van der Waals surface area contributed by atoms with Crippen LogP contribution in [0.1, 0.15) is 52.4 Å². The van der Waals surface area contributed by atoms with Gasteiger partial charge in [-0.1, -0.05) is 11.3 Å². The topological polar surface area (TPSA) is 142 Å². The minimum atomic E-state index is -4.57. The third kappa shape index (κ3) is 5.65. The summed E-state index contributed by atoms with van der Waals surface area (Å²) in [7, 11) is 0. The summed E-state index contributed by atoms with van der Waals surface area (Å²) in [6.45, 7) is 1.87. The number of H-pyrrole nitrogens is 1. The van der Waals surface area contributed by atoms with Gasteiger partial charge in [-0.3, -0.25) is 9.89 Å². The average molecular weight is 545 g/mol. The zero-order chi connectivity index (χ0) is 26.9. The fourth-order valence-electron chi connectivity index (χ4n) is 4.35. The Balaban J connectivity index is 1.28. The summed E-state index contributed by atoms with van der Waals surface area (Å²) >= 11 is 1.36. The molecular weight excluding hydrogens is 521 g/mol. The molecule has 4 N–H and O–H groups in total. The van der Waals surface area contributed by atoms with Gasteiger partial charge in [0.25, 0.3) is 5.91 Å². The molecule has 1 aliphatic rings. The van der Waals surface area contributed by atoms with Crippen LogP contribution in [0.25, 0.3) is 10.4 Å². The first-order valence-corrected chi connectivity index (χ1v) is 12.6. The van der Waals surface area contributed by atoms with Crippen molar-refractivity contribution in [2.45, 2.75) is 50.4 Å². The van der Waals surface area contributed by atoms with Gasteiger partial charge in [0.1, 0.15) is 16.3 Å². The van der Waals surface area contributed by atoms with Crippen LogP contribution in [0.3, 0.4) is 0 Å². The normalized spacial score (nSPS) is 19.8. The van der Waals surface area contributed by atoms with Gasteiger partial charge >= 0.3 is 6.18 Å². The molecule has 1 saturated carbocycles. The molecule has 0 spiro atoms. The second-order valence-electron chi connectivity index (χ2n) is 9.14. The highest BCUT2D eigenvalue weighted by atomic mass is 32.1. The fourth-order valence-corrected chi connectivity index (χ4v) is 5.40. The number of halogens is 3. The predicted octanol–water partition coefficient (Wildman–Crippen LogP) is 4.35. The molecule has 198 valence electrons. The number of anilines is 2. The SMILES string of the molecule is Cc1cc(Nc2nccc(C(F)(F)F)n2)cc(-c2cnc([C@]3(O)CC[C@@H](NC(=O)c4c[nH]nn4)CC3)s2)c1. The molecule has 14 heteroatoms. The first-order valence-electron chi connectivity index (χ1n) is 11.7. The van der Waals surface area contributed by atoms with Crippen molar-refractivity contribution in [1.82, 2.24) is 35.7 Å². The number of nitrogens with one attached hydrogen (secondary N) is 3. The number of amides is 1. The van der Waals surface area contributed by atoms with E-state index in [1.807, 2.05) is 13.0 Å². The Labute approximate surface area is 218 Å². The maximum absolute atomic E-state index is 13.0. The largest absolute Gasteiger partial charge is 0.433 e. The Morgan fingerprint density at radius 2 is 2.00 bits per heavy atom. The van der Waals surface area contributed by atoms with Crippen LogP contribution in [0.2, 0.25) is 0 Å². The van der Waals surface area contributed by atoms with Gasteiger partial charge in [-0.2, -0.15) is 13.2 Å². The summed E-state index contributed by atoms with van der Waals surface area (Å²) in [6.07, 6.45) is 1.58. The molecule has 0 aliphatic heterocycles. The monoisotopic (exact) mass is 544 g/mol. The molecule has 38 heavy (non-hydrogen) atoms. The van der Waals surface area contributed by atoms with Crippen LogP contribution in [-0.4, -0.2) is 47.4 Å². The van der Waals surface area contributed by atoms with E-state index >= 15 is 0 Å². The van der Waals surface area contributed by atoms with Crippen LogP contribution < -0.4 is 10.6 Å². The van der Waals surface area contributed by atoms with Crippen LogP contribution in [0.5, 0.6) is 0 Å². The number of aliphatic hydroxyl groups is 1. The number of benzene rings is 1. The molecule has 1 aromatic carbocycles. The maximum atomic E-state index is 13.0. The molecule has 3 aromatic heterocycles. The molecule has 5 rings (SSSR count). The molecule has 0 atom stereocenters. The van der Waals surface area contributed by atoms with Crippen molar-refractivity contribution in [3.8, 4) is 10.4 Å². The Morgan fingerprint density at radius 1 is 1.21 bits per heavy atom. The van der Waals surface area contributed by atoms with Crippen LogP contribution in [0.4, 0.5) is 24.8 Å². The van der Waals surface area contributed by atoms with Gasteiger partial charge in [0, 0.05) is 24.1 Å². The molecule has 0 bridgehead atoms. The van der Waals surface area contributed by atoms with Gasteiger partial charge < -0.3 is 15.7 Å². The number of hydrogen-bond acceptors (Lipinski definition) is 9. The number of carbonyl (C=O) groups excluding carboxylic acids is 1. The standard InChI is InChI=1S/C24H23F3N8O2S/c1-13-8-14(10-16(9-13)32-22-28-7-4-19(33-22)24(25,26)27)18-12-29-21(38-18)23(37)5-2-15(3-6-23)31-20(36)17-11-30-35-34-17/h4,7-12,15,37H,2-3,5-6H2,1H3,(H,31,36)(H,28,32,33)(H,30,34,35)/t15-,23+. The molecule has 4 aromatic rings. The number of aromatic nitrogens is 6. The molecule has 1 amide bonds.